The van der Waals surface area contributed by atoms with Gasteiger partial charge < -0.3 is 0 Å². The third kappa shape index (κ3) is 5.17. The average molecular weight is 327 g/mol. The molecule has 0 spiro atoms. The first-order valence-corrected chi connectivity index (χ1v) is 8.93. The third-order valence-corrected chi connectivity index (χ3v) is 4.39. The molecule has 3 aromatic carbocycles. The van der Waals surface area contributed by atoms with Crippen molar-refractivity contribution in [3.63, 3.8) is 0 Å². The third-order valence-electron chi connectivity index (χ3n) is 4.39. The van der Waals surface area contributed by atoms with Gasteiger partial charge >= 0.3 is 0 Å². The Hall–Kier alpha value is -2.64. The minimum Gasteiger partial charge on any atom is -0.296 e. The molecule has 0 atom stereocenters. The van der Waals surface area contributed by atoms with Crippen LogP contribution in [-0.4, -0.2) is 18.0 Å². The van der Waals surface area contributed by atoms with Crippen molar-refractivity contribution in [2.75, 3.05) is 13.1 Å². The minimum atomic E-state index is 0.964. The molecule has 0 radical (unpaired) electrons. The van der Waals surface area contributed by atoms with E-state index in [2.05, 4.69) is 109 Å². The molecule has 0 bridgehead atoms. The maximum absolute atomic E-state index is 2.44. The normalized spacial score (nSPS) is 11.3. The van der Waals surface area contributed by atoms with Crippen molar-refractivity contribution < 1.29 is 0 Å². The van der Waals surface area contributed by atoms with Gasteiger partial charge in [-0.25, -0.2) is 0 Å². The second kappa shape index (κ2) is 9.00. The van der Waals surface area contributed by atoms with E-state index in [1.807, 2.05) is 0 Å². The van der Waals surface area contributed by atoms with Gasteiger partial charge in [0.2, 0.25) is 0 Å². The fourth-order valence-corrected chi connectivity index (χ4v) is 2.90. The highest BCUT2D eigenvalue weighted by atomic mass is 15.1. The van der Waals surface area contributed by atoms with Gasteiger partial charge in [-0.3, -0.25) is 4.90 Å². The van der Waals surface area contributed by atoms with Crippen LogP contribution in [0.5, 0.6) is 0 Å². The first kappa shape index (κ1) is 17.2. The number of nitrogens with zero attached hydrogens (tertiary/aromatic N) is 1. The van der Waals surface area contributed by atoms with E-state index in [1.165, 1.54) is 22.3 Å². The van der Waals surface area contributed by atoms with E-state index in [0.717, 1.165) is 19.6 Å². The summed E-state index contributed by atoms with van der Waals surface area (Å²) in [5, 5.41) is 0. The summed E-state index contributed by atoms with van der Waals surface area (Å²) in [5.41, 5.74) is 5.16. The van der Waals surface area contributed by atoms with Gasteiger partial charge in [0.15, 0.2) is 0 Å². The molecule has 0 heterocycles. The molecule has 0 fully saturated rings. The summed E-state index contributed by atoms with van der Waals surface area (Å²) in [5.74, 6) is 0. The fraction of sp³-hybridized carbons (Fsp3) is 0.167. The van der Waals surface area contributed by atoms with Crippen LogP contribution in [0.15, 0.2) is 91.0 Å². The van der Waals surface area contributed by atoms with Gasteiger partial charge in [0.1, 0.15) is 0 Å². The number of hydrogen-bond donors (Lipinski definition) is 0. The highest BCUT2D eigenvalue weighted by Gasteiger charge is 2.03. The zero-order valence-corrected chi connectivity index (χ0v) is 14.8. The summed E-state index contributed by atoms with van der Waals surface area (Å²) < 4.78 is 0. The first-order chi connectivity index (χ1) is 12.3. The molecule has 0 saturated heterocycles. The predicted molar refractivity (Wildman–Crippen MR) is 108 cm³/mol. The molecule has 1 heteroatoms. The van der Waals surface area contributed by atoms with Crippen LogP contribution in [0.3, 0.4) is 0 Å². The second-order valence-electron chi connectivity index (χ2n) is 6.20. The maximum atomic E-state index is 2.44. The Bertz CT molecular complexity index is 773. The molecular formula is C24H25N. The Labute approximate surface area is 151 Å². The summed E-state index contributed by atoms with van der Waals surface area (Å²) in [4.78, 5) is 2.44. The van der Waals surface area contributed by atoms with Gasteiger partial charge in [0.05, 0.1) is 0 Å². The predicted octanol–water partition coefficient (Wildman–Crippen LogP) is 5.89. The van der Waals surface area contributed by atoms with Crippen molar-refractivity contribution in [1.82, 2.24) is 4.90 Å². The highest BCUT2D eigenvalue weighted by molar-refractivity contribution is 5.63. The van der Waals surface area contributed by atoms with Crippen LogP contribution < -0.4 is 0 Å². The zero-order chi connectivity index (χ0) is 17.3. The minimum absolute atomic E-state index is 0.964. The van der Waals surface area contributed by atoms with Gasteiger partial charge in [-0.2, -0.15) is 0 Å². The molecule has 0 aliphatic heterocycles. The number of likely N-dealkylation sites (N-methyl/N-ethyl adjacent to an activating group) is 1. The summed E-state index contributed by atoms with van der Waals surface area (Å²) >= 11 is 0. The summed E-state index contributed by atoms with van der Waals surface area (Å²) in [7, 11) is 0. The lowest BCUT2D eigenvalue weighted by Crippen LogP contribution is -2.22. The standard InChI is InChI=1S/C24H25N/c1-2-25(19-9-12-21-10-5-3-6-11-21)20-22-15-17-24(18-16-22)23-13-7-4-8-14-23/h3-18H,2,19-20H2,1H3/b12-9+. The maximum Gasteiger partial charge on any atom is 0.0236 e. The van der Waals surface area contributed by atoms with E-state index < -0.39 is 0 Å². The topological polar surface area (TPSA) is 3.24 Å². The Kier molecular flexibility index (Phi) is 6.19. The van der Waals surface area contributed by atoms with Gasteiger partial charge in [-0.05, 0) is 28.8 Å². The monoisotopic (exact) mass is 327 g/mol. The Morgan fingerprint density at radius 1 is 0.720 bits per heavy atom. The quantitative estimate of drug-likeness (QED) is 0.523. The van der Waals surface area contributed by atoms with E-state index in [-0.39, 0.29) is 0 Å². The SMILES string of the molecule is CCN(C/C=C/c1ccccc1)Cc1ccc(-c2ccccc2)cc1. The molecule has 25 heavy (non-hydrogen) atoms. The van der Waals surface area contributed by atoms with Crippen molar-refractivity contribution in [2.24, 2.45) is 0 Å². The van der Waals surface area contributed by atoms with Crippen LogP contribution in [0.4, 0.5) is 0 Å². The second-order valence-corrected chi connectivity index (χ2v) is 6.20. The summed E-state index contributed by atoms with van der Waals surface area (Å²) in [6.45, 7) is 5.20. The first-order valence-electron chi connectivity index (χ1n) is 8.93. The van der Waals surface area contributed by atoms with Gasteiger partial charge in [-0.1, -0.05) is 104 Å². The zero-order valence-electron chi connectivity index (χ0n) is 14.8. The van der Waals surface area contributed by atoms with Crippen LogP contribution in [0, 0.1) is 0 Å². The van der Waals surface area contributed by atoms with E-state index in [1.54, 1.807) is 0 Å². The fourth-order valence-electron chi connectivity index (χ4n) is 2.90. The van der Waals surface area contributed by atoms with Crippen molar-refractivity contribution >= 4 is 6.08 Å². The molecular weight excluding hydrogens is 302 g/mol. The van der Waals surface area contributed by atoms with E-state index >= 15 is 0 Å². The van der Waals surface area contributed by atoms with Crippen LogP contribution >= 0.6 is 0 Å². The Balaban J connectivity index is 1.59. The van der Waals surface area contributed by atoms with Gasteiger partial charge in [0.25, 0.3) is 0 Å². The summed E-state index contributed by atoms with van der Waals surface area (Å²) in [6, 6.07) is 29.9. The van der Waals surface area contributed by atoms with Crippen LogP contribution in [0.2, 0.25) is 0 Å². The molecule has 0 N–H and O–H groups in total. The lowest BCUT2D eigenvalue weighted by Gasteiger charge is -2.18. The smallest absolute Gasteiger partial charge is 0.0236 e. The van der Waals surface area contributed by atoms with E-state index in [9.17, 15) is 0 Å². The summed E-state index contributed by atoms with van der Waals surface area (Å²) in [6.07, 6.45) is 4.44. The molecule has 0 aromatic heterocycles. The Morgan fingerprint density at radius 2 is 1.32 bits per heavy atom. The van der Waals surface area contributed by atoms with Crippen molar-refractivity contribution in [3.05, 3.63) is 102 Å². The number of hydrogen-bond acceptors (Lipinski definition) is 1. The molecule has 3 rings (SSSR count). The lowest BCUT2D eigenvalue weighted by molar-refractivity contribution is 0.311. The van der Waals surface area contributed by atoms with Crippen molar-refractivity contribution in [2.45, 2.75) is 13.5 Å². The van der Waals surface area contributed by atoms with Gasteiger partial charge in [0, 0.05) is 13.1 Å². The Morgan fingerprint density at radius 3 is 1.96 bits per heavy atom. The van der Waals surface area contributed by atoms with Crippen LogP contribution in [0.25, 0.3) is 17.2 Å². The van der Waals surface area contributed by atoms with E-state index in [0.29, 0.717) is 0 Å². The largest absolute Gasteiger partial charge is 0.296 e. The molecule has 0 aliphatic carbocycles. The molecule has 0 amide bonds. The van der Waals surface area contributed by atoms with Crippen molar-refractivity contribution in [1.29, 1.82) is 0 Å². The van der Waals surface area contributed by atoms with Crippen LogP contribution in [-0.2, 0) is 6.54 Å². The number of benzene rings is 3. The molecule has 0 aliphatic rings. The molecule has 0 unspecified atom stereocenters. The lowest BCUT2D eigenvalue weighted by atomic mass is 10.0. The molecule has 1 nitrogen and oxygen atoms in total. The average Bonchev–Trinajstić information content (AvgIpc) is 2.69. The molecule has 3 aromatic rings. The van der Waals surface area contributed by atoms with Gasteiger partial charge in [-0.15, -0.1) is 0 Å². The molecule has 0 saturated carbocycles. The van der Waals surface area contributed by atoms with Crippen LogP contribution in [0.1, 0.15) is 18.1 Å². The highest BCUT2D eigenvalue weighted by Crippen LogP contribution is 2.19. The number of rotatable bonds is 7. The van der Waals surface area contributed by atoms with E-state index in [4.69, 9.17) is 0 Å². The van der Waals surface area contributed by atoms with Crippen molar-refractivity contribution in [3.8, 4) is 11.1 Å². The molecule has 126 valence electrons.